The van der Waals surface area contributed by atoms with Crippen LogP contribution >= 0.6 is 0 Å². The summed E-state index contributed by atoms with van der Waals surface area (Å²) in [6.45, 7) is 7.52. The molecule has 0 spiro atoms. The Labute approximate surface area is 183 Å². The molecular weight excluding hydrogens is 386 g/mol. The molecule has 0 atom stereocenters. The summed E-state index contributed by atoms with van der Waals surface area (Å²) in [7, 11) is 0. The zero-order valence-electron chi connectivity index (χ0n) is 18.4. The van der Waals surface area contributed by atoms with E-state index < -0.39 is 5.41 Å². The smallest absolute Gasteiger partial charge is 0.225 e. The van der Waals surface area contributed by atoms with Crippen LogP contribution in [-0.4, -0.2) is 22.1 Å². The molecule has 0 radical (unpaired) electrons. The number of imidazole rings is 1. The largest absolute Gasteiger partial charge is 0.493 e. The van der Waals surface area contributed by atoms with Gasteiger partial charge < -0.3 is 14.6 Å². The number of hydrogen-bond acceptors (Lipinski definition) is 3. The number of rotatable bonds is 7. The van der Waals surface area contributed by atoms with E-state index in [0.717, 1.165) is 41.0 Å². The first-order valence-corrected chi connectivity index (χ1v) is 10.8. The quantitative estimate of drug-likeness (QED) is 0.416. The van der Waals surface area contributed by atoms with Crippen molar-refractivity contribution < 1.29 is 9.53 Å². The second-order valence-electron chi connectivity index (χ2n) is 8.78. The van der Waals surface area contributed by atoms with E-state index in [1.165, 1.54) is 5.39 Å². The van der Waals surface area contributed by atoms with Crippen LogP contribution in [0.3, 0.4) is 0 Å². The number of carbonyl (C=O) groups is 1. The van der Waals surface area contributed by atoms with Gasteiger partial charge in [0, 0.05) is 17.3 Å². The van der Waals surface area contributed by atoms with Crippen molar-refractivity contribution in [2.75, 3.05) is 6.61 Å². The van der Waals surface area contributed by atoms with Gasteiger partial charge in [-0.3, -0.25) is 4.79 Å². The average molecular weight is 416 g/mol. The van der Waals surface area contributed by atoms with E-state index in [4.69, 9.17) is 9.72 Å². The highest BCUT2D eigenvalue weighted by atomic mass is 16.5. The highest BCUT2D eigenvalue weighted by molar-refractivity contribution is 5.88. The van der Waals surface area contributed by atoms with Crippen LogP contribution in [0, 0.1) is 5.41 Å². The van der Waals surface area contributed by atoms with Crippen molar-refractivity contribution in [1.82, 2.24) is 14.9 Å². The molecule has 5 nitrogen and oxygen atoms in total. The fourth-order valence-corrected chi connectivity index (χ4v) is 3.66. The van der Waals surface area contributed by atoms with Gasteiger partial charge in [-0.05, 0) is 30.0 Å². The first-order valence-electron chi connectivity index (χ1n) is 10.8. The molecule has 0 bridgehead atoms. The minimum Gasteiger partial charge on any atom is -0.493 e. The third-order valence-electron chi connectivity index (χ3n) is 5.36. The lowest BCUT2D eigenvalue weighted by Gasteiger charge is -2.18. The molecule has 3 aromatic carbocycles. The number of aromatic nitrogens is 2. The van der Waals surface area contributed by atoms with Crippen LogP contribution in [0.5, 0.6) is 5.75 Å². The fraction of sp³-hybridized carbons (Fsp3) is 0.308. The van der Waals surface area contributed by atoms with Gasteiger partial charge in [0.15, 0.2) is 0 Å². The average Bonchev–Trinajstić information content (AvgIpc) is 3.12. The third-order valence-corrected chi connectivity index (χ3v) is 5.36. The van der Waals surface area contributed by atoms with Crippen molar-refractivity contribution in [2.24, 2.45) is 5.41 Å². The lowest BCUT2D eigenvalue weighted by atomic mass is 9.96. The molecule has 1 heterocycles. The van der Waals surface area contributed by atoms with Gasteiger partial charge in [0.2, 0.25) is 5.91 Å². The SMILES string of the molecule is CC(C)(C)C(=O)NCc1nc2ccccc2n1CCCOc1cccc2ccccc12. The Morgan fingerprint density at radius 3 is 2.58 bits per heavy atom. The predicted octanol–water partition coefficient (Wildman–Crippen LogP) is 5.32. The number of carbonyl (C=O) groups excluding carboxylic acids is 1. The number of aryl methyl sites for hydroxylation is 1. The van der Waals surface area contributed by atoms with Gasteiger partial charge >= 0.3 is 0 Å². The summed E-state index contributed by atoms with van der Waals surface area (Å²) < 4.78 is 8.29. The summed E-state index contributed by atoms with van der Waals surface area (Å²) >= 11 is 0. The maximum absolute atomic E-state index is 12.3. The maximum Gasteiger partial charge on any atom is 0.225 e. The predicted molar refractivity (Wildman–Crippen MR) is 125 cm³/mol. The molecule has 0 aliphatic carbocycles. The number of hydrogen-bond donors (Lipinski definition) is 1. The summed E-state index contributed by atoms with van der Waals surface area (Å²) in [5.41, 5.74) is 1.59. The van der Waals surface area contributed by atoms with Crippen molar-refractivity contribution in [3.8, 4) is 5.75 Å². The van der Waals surface area contributed by atoms with Crippen LogP contribution < -0.4 is 10.1 Å². The minimum absolute atomic E-state index is 0.0189. The van der Waals surface area contributed by atoms with E-state index in [9.17, 15) is 4.79 Å². The Kier molecular flexibility index (Phi) is 5.94. The van der Waals surface area contributed by atoms with Gasteiger partial charge in [-0.2, -0.15) is 0 Å². The van der Waals surface area contributed by atoms with E-state index in [0.29, 0.717) is 13.2 Å². The fourth-order valence-electron chi connectivity index (χ4n) is 3.66. The standard InChI is InChI=1S/C26H29N3O2/c1-26(2,3)25(30)27-18-24-28-21-13-6-7-14-22(21)29(24)16-9-17-31-23-15-8-11-19-10-4-5-12-20(19)23/h4-8,10-15H,9,16-18H2,1-3H3,(H,27,30). The Morgan fingerprint density at radius 2 is 1.74 bits per heavy atom. The number of para-hydroxylation sites is 2. The van der Waals surface area contributed by atoms with Gasteiger partial charge in [0.1, 0.15) is 11.6 Å². The Hall–Kier alpha value is -3.34. The number of fused-ring (bicyclic) bond motifs is 2. The Morgan fingerprint density at radius 1 is 1.00 bits per heavy atom. The lowest BCUT2D eigenvalue weighted by molar-refractivity contribution is -0.128. The number of nitrogens with zero attached hydrogens (tertiary/aromatic N) is 2. The molecular formula is C26H29N3O2. The number of ether oxygens (including phenoxy) is 1. The number of amides is 1. The molecule has 5 heteroatoms. The molecule has 0 aliphatic rings. The van der Waals surface area contributed by atoms with Crippen molar-refractivity contribution >= 4 is 27.7 Å². The monoisotopic (exact) mass is 415 g/mol. The highest BCUT2D eigenvalue weighted by Gasteiger charge is 2.21. The molecule has 1 aromatic heterocycles. The van der Waals surface area contributed by atoms with Gasteiger partial charge in [0.25, 0.3) is 0 Å². The van der Waals surface area contributed by atoms with E-state index in [-0.39, 0.29) is 5.91 Å². The number of benzene rings is 3. The van der Waals surface area contributed by atoms with E-state index in [2.05, 4.69) is 34.1 Å². The van der Waals surface area contributed by atoms with Gasteiger partial charge in [-0.25, -0.2) is 4.98 Å². The van der Waals surface area contributed by atoms with Crippen molar-refractivity contribution in [1.29, 1.82) is 0 Å². The molecule has 1 amide bonds. The first-order chi connectivity index (χ1) is 14.9. The Balaban J connectivity index is 1.45. The normalized spacial score (nSPS) is 11.7. The molecule has 0 fully saturated rings. The van der Waals surface area contributed by atoms with Gasteiger partial charge in [-0.1, -0.05) is 69.3 Å². The summed E-state index contributed by atoms with van der Waals surface area (Å²) in [5, 5.41) is 5.33. The van der Waals surface area contributed by atoms with Crippen LogP contribution in [0.1, 0.15) is 33.0 Å². The van der Waals surface area contributed by atoms with Crippen LogP contribution in [0.2, 0.25) is 0 Å². The summed E-state index contributed by atoms with van der Waals surface area (Å²) in [5.74, 6) is 1.79. The molecule has 160 valence electrons. The summed E-state index contributed by atoms with van der Waals surface area (Å²) in [6.07, 6.45) is 0.837. The zero-order chi connectivity index (χ0) is 21.8. The second-order valence-corrected chi connectivity index (χ2v) is 8.78. The van der Waals surface area contributed by atoms with E-state index in [1.807, 2.05) is 63.2 Å². The van der Waals surface area contributed by atoms with Gasteiger partial charge in [-0.15, -0.1) is 0 Å². The number of nitrogens with one attached hydrogen (secondary N) is 1. The molecule has 0 unspecified atom stereocenters. The Bertz CT molecular complexity index is 1200. The summed E-state index contributed by atoms with van der Waals surface area (Å²) in [6, 6.07) is 22.5. The molecule has 4 aromatic rings. The zero-order valence-corrected chi connectivity index (χ0v) is 18.4. The topological polar surface area (TPSA) is 56.2 Å². The maximum atomic E-state index is 12.3. The first kappa shape index (κ1) is 20.9. The van der Waals surface area contributed by atoms with Crippen molar-refractivity contribution in [3.05, 3.63) is 72.6 Å². The highest BCUT2D eigenvalue weighted by Crippen LogP contribution is 2.25. The van der Waals surface area contributed by atoms with Crippen LogP contribution in [0.15, 0.2) is 66.7 Å². The van der Waals surface area contributed by atoms with E-state index >= 15 is 0 Å². The van der Waals surface area contributed by atoms with Crippen molar-refractivity contribution in [2.45, 2.75) is 40.3 Å². The second kappa shape index (κ2) is 8.80. The van der Waals surface area contributed by atoms with E-state index in [1.54, 1.807) is 0 Å². The lowest BCUT2D eigenvalue weighted by Crippen LogP contribution is -2.35. The molecule has 0 aliphatic heterocycles. The van der Waals surface area contributed by atoms with Gasteiger partial charge in [0.05, 0.1) is 24.2 Å². The third kappa shape index (κ3) is 4.71. The molecule has 0 saturated heterocycles. The minimum atomic E-state index is -0.427. The molecule has 4 rings (SSSR count). The van der Waals surface area contributed by atoms with Crippen LogP contribution in [0.25, 0.3) is 21.8 Å². The molecule has 31 heavy (non-hydrogen) atoms. The van der Waals surface area contributed by atoms with Crippen LogP contribution in [-0.2, 0) is 17.9 Å². The summed E-state index contributed by atoms with van der Waals surface area (Å²) in [4.78, 5) is 17.1. The molecule has 0 saturated carbocycles. The van der Waals surface area contributed by atoms with Crippen molar-refractivity contribution in [3.63, 3.8) is 0 Å². The molecule has 1 N–H and O–H groups in total. The van der Waals surface area contributed by atoms with Crippen LogP contribution in [0.4, 0.5) is 0 Å².